The van der Waals surface area contributed by atoms with E-state index in [1.54, 1.807) is 12.1 Å². The highest BCUT2D eigenvalue weighted by Gasteiger charge is 2.23. The second-order valence-corrected chi connectivity index (χ2v) is 8.72. The number of piperazine rings is 1. The molecular weight excluding hydrogens is 445 g/mol. The zero-order valence-corrected chi connectivity index (χ0v) is 19.4. The molecule has 0 atom stereocenters. The minimum Gasteiger partial charge on any atom is -0.366 e. The van der Waals surface area contributed by atoms with Crippen molar-refractivity contribution in [1.29, 1.82) is 0 Å². The Morgan fingerprint density at radius 3 is 2.41 bits per heavy atom. The predicted octanol–water partition coefficient (Wildman–Crippen LogP) is 5.85. The average molecular weight is 470 g/mol. The maximum Gasteiger partial charge on any atom is 0.256 e. The molecule has 5 nitrogen and oxygen atoms in total. The molecule has 166 valence electrons. The fourth-order valence-corrected chi connectivity index (χ4v) is 4.52. The number of anilines is 2. The van der Waals surface area contributed by atoms with Gasteiger partial charge in [-0.3, -0.25) is 9.59 Å². The number of benzene rings is 3. The molecule has 0 saturated carbocycles. The van der Waals surface area contributed by atoms with Crippen molar-refractivity contribution in [3.63, 3.8) is 0 Å². The van der Waals surface area contributed by atoms with Gasteiger partial charge in [0, 0.05) is 53.6 Å². The topological polar surface area (TPSA) is 52.7 Å². The summed E-state index contributed by atoms with van der Waals surface area (Å²) in [5, 5.41) is 5.82. The monoisotopic (exact) mass is 469 g/mol. The second-order valence-electron chi connectivity index (χ2n) is 7.87. The molecular formula is C25H25Cl2N3O2. The first-order valence-electron chi connectivity index (χ1n) is 10.8. The summed E-state index contributed by atoms with van der Waals surface area (Å²) < 4.78 is 0. The van der Waals surface area contributed by atoms with Crippen LogP contribution in [0, 0.1) is 0 Å². The SMILES string of the molecule is CCCC(=O)N1CCN(c2ccc(Cl)cc2NC(=O)c2cccc3c(Cl)cccc23)CC1. The van der Waals surface area contributed by atoms with Gasteiger partial charge in [0.15, 0.2) is 0 Å². The van der Waals surface area contributed by atoms with Crippen LogP contribution in [-0.4, -0.2) is 42.9 Å². The van der Waals surface area contributed by atoms with E-state index in [4.69, 9.17) is 23.2 Å². The Kier molecular flexibility index (Phi) is 6.87. The van der Waals surface area contributed by atoms with E-state index >= 15 is 0 Å². The van der Waals surface area contributed by atoms with Crippen LogP contribution in [-0.2, 0) is 4.79 Å². The molecule has 32 heavy (non-hydrogen) atoms. The van der Waals surface area contributed by atoms with Gasteiger partial charge in [0.05, 0.1) is 11.4 Å². The number of hydrogen-bond donors (Lipinski definition) is 1. The van der Waals surface area contributed by atoms with Crippen molar-refractivity contribution in [2.45, 2.75) is 19.8 Å². The van der Waals surface area contributed by atoms with Crippen LogP contribution >= 0.6 is 23.2 Å². The van der Waals surface area contributed by atoms with Gasteiger partial charge in [-0.05, 0) is 42.1 Å². The normalized spacial score (nSPS) is 14.0. The molecule has 0 unspecified atom stereocenters. The Labute approximate surface area is 197 Å². The van der Waals surface area contributed by atoms with Crippen molar-refractivity contribution in [3.8, 4) is 0 Å². The highest BCUT2D eigenvalue weighted by Crippen LogP contribution is 2.32. The van der Waals surface area contributed by atoms with Crippen molar-refractivity contribution in [3.05, 3.63) is 70.2 Å². The minimum absolute atomic E-state index is 0.200. The lowest BCUT2D eigenvalue weighted by Gasteiger charge is -2.37. The lowest BCUT2D eigenvalue weighted by Crippen LogP contribution is -2.48. The fraction of sp³-hybridized carbons (Fsp3) is 0.280. The maximum absolute atomic E-state index is 13.2. The summed E-state index contributed by atoms with van der Waals surface area (Å²) in [6.45, 7) is 4.74. The number of halogens is 2. The van der Waals surface area contributed by atoms with Crippen molar-refractivity contribution in [2.75, 3.05) is 36.4 Å². The summed E-state index contributed by atoms with van der Waals surface area (Å²) in [4.78, 5) is 29.5. The largest absolute Gasteiger partial charge is 0.366 e. The quantitative estimate of drug-likeness (QED) is 0.509. The number of fused-ring (bicyclic) bond motifs is 1. The van der Waals surface area contributed by atoms with Gasteiger partial charge >= 0.3 is 0 Å². The van der Waals surface area contributed by atoms with Crippen LogP contribution in [0.4, 0.5) is 11.4 Å². The molecule has 0 bridgehead atoms. The maximum atomic E-state index is 13.2. The third kappa shape index (κ3) is 4.69. The molecule has 1 fully saturated rings. The van der Waals surface area contributed by atoms with E-state index in [0.717, 1.165) is 22.9 Å². The highest BCUT2D eigenvalue weighted by molar-refractivity contribution is 6.36. The first-order valence-corrected chi connectivity index (χ1v) is 11.5. The van der Waals surface area contributed by atoms with Crippen LogP contribution in [0.5, 0.6) is 0 Å². The molecule has 4 rings (SSSR count). The molecule has 1 aliphatic heterocycles. The number of nitrogens with zero attached hydrogens (tertiary/aromatic N) is 2. The summed E-state index contributed by atoms with van der Waals surface area (Å²) in [5.41, 5.74) is 2.09. The summed E-state index contributed by atoms with van der Waals surface area (Å²) in [6.07, 6.45) is 1.43. The smallest absolute Gasteiger partial charge is 0.256 e. The summed E-state index contributed by atoms with van der Waals surface area (Å²) in [6, 6.07) is 16.6. The van der Waals surface area contributed by atoms with E-state index in [1.165, 1.54) is 0 Å². The van der Waals surface area contributed by atoms with Crippen LogP contribution in [0.2, 0.25) is 10.0 Å². The van der Waals surface area contributed by atoms with Gasteiger partial charge in [-0.15, -0.1) is 0 Å². The van der Waals surface area contributed by atoms with Gasteiger partial charge in [-0.1, -0.05) is 54.4 Å². The van der Waals surface area contributed by atoms with Crippen LogP contribution in [0.3, 0.4) is 0 Å². The summed E-state index contributed by atoms with van der Waals surface area (Å²) in [7, 11) is 0. The molecule has 0 aromatic heterocycles. The van der Waals surface area contributed by atoms with Crippen molar-refractivity contribution >= 4 is 57.2 Å². The Morgan fingerprint density at radius 1 is 0.938 bits per heavy atom. The number of carbonyl (C=O) groups is 2. The molecule has 7 heteroatoms. The number of rotatable bonds is 5. The van der Waals surface area contributed by atoms with E-state index in [9.17, 15) is 9.59 Å². The van der Waals surface area contributed by atoms with Crippen molar-refractivity contribution in [1.82, 2.24) is 4.90 Å². The molecule has 1 N–H and O–H groups in total. The molecule has 0 radical (unpaired) electrons. The first kappa shape index (κ1) is 22.4. The Morgan fingerprint density at radius 2 is 1.66 bits per heavy atom. The summed E-state index contributed by atoms with van der Waals surface area (Å²) in [5.74, 6) is -0.0236. The van der Waals surface area contributed by atoms with Gasteiger partial charge in [0.25, 0.3) is 5.91 Å². The van der Waals surface area contributed by atoms with Gasteiger partial charge in [-0.2, -0.15) is 0 Å². The zero-order chi connectivity index (χ0) is 22.7. The zero-order valence-electron chi connectivity index (χ0n) is 17.9. The van der Waals surface area contributed by atoms with Gasteiger partial charge < -0.3 is 15.1 Å². The van der Waals surface area contributed by atoms with E-state index in [0.29, 0.717) is 53.9 Å². The first-order chi connectivity index (χ1) is 15.5. The van der Waals surface area contributed by atoms with Gasteiger partial charge in [0.2, 0.25) is 5.91 Å². The predicted molar refractivity (Wildman–Crippen MR) is 132 cm³/mol. The van der Waals surface area contributed by atoms with Crippen LogP contribution in [0.15, 0.2) is 54.6 Å². The highest BCUT2D eigenvalue weighted by atomic mass is 35.5. The number of carbonyl (C=O) groups excluding carboxylic acids is 2. The Hall–Kier alpha value is -2.76. The van der Waals surface area contributed by atoms with E-state index in [2.05, 4.69) is 10.2 Å². The Balaban J connectivity index is 1.57. The second kappa shape index (κ2) is 9.80. The summed E-state index contributed by atoms with van der Waals surface area (Å²) >= 11 is 12.6. The standard InChI is InChI=1S/C25H25Cl2N3O2/c1-2-5-24(31)30-14-12-29(13-15-30)23-11-10-17(26)16-22(23)28-25(32)20-8-3-7-19-18(20)6-4-9-21(19)27/h3-4,6-11,16H,2,5,12-15H2,1H3,(H,28,32). The van der Waals surface area contributed by atoms with Crippen LogP contribution in [0.1, 0.15) is 30.1 Å². The molecule has 1 saturated heterocycles. The molecule has 0 aliphatic carbocycles. The third-order valence-corrected chi connectivity index (χ3v) is 6.32. The van der Waals surface area contributed by atoms with Crippen molar-refractivity contribution in [2.24, 2.45) is 0 Å². The molecule has 1 heterocycles. The van der Waals surface area contributed by atoms with Crippen LogP contribution < -0.4 is 10.2 Å². The van der Waals surface area contributed by atoms with Gasteiger partial charge in [-0.25, -0.2) is 0 Å². The molecule has 3 aromatic carbocycles. The lowest BCUT2D eigenvalue weighted by atomic mass is 10.0. The number of nitrogens with one attached hydrogen (secondary N) is 1. The molecule has 0 spiro atoms. The lowest BCUT2D eigenvalue weighted by molar-refractivity contribution is -0.131. The van der Waals surface area contributed by atoms with E-state index in [1.807, 2.05) is 54.3 Å². The Bertz CT molecular complexity index is 1160. The molecule has 1 aliphatic rings. The number of amides is 2. The minimum atomic E-state index is -0.224. The van der Waals surface area contributed by atoms with Gasteiger partial charge in [0.1, 0.15) is 0 Å². The average Bonchev–Trinajstić information content (AvgIpc) is 2.79. The molecule has 2 amide bonds. The van der Waals surface area contributed by atoms with Crippen molar-refractivity contribution < 1.29 is 9.59 Å². The molecule has 3 aromatic rings. The van der Waals surface area contributed by atoms with E-state index < -0.39 is 0 Å². The van der Waals surface area contributed by atoms with Crippen LogP contribution in [0.25, 0.3) is 10.8 Å². The van der Waals surface area contributed by atoms with E-state index in [-0.39, 0.29) is 11.8 Å². The third-order valence-electron chi connectivity index (χ3n) is 5.76. The fourth-order valence-electron chi connectivity index (χ4n) is 4.11. The number of hydrogen-bond acceptors (Lipinski definition) is 3.